The molecule has 0 saturated heterocycles. The summed E-state index contributed by atoms with van der Waals surface area (Å²) in [6.07, 6.45) is 18.9. The van der Waals surface area contributed by atoms with Crippen molar-refractivity contribution in [2.45, 2.75) is 131 Å². The van der Waals surface area contributed by atoms with E-state index >= 15 is 0 Å². The van der Waals surface area contributed by atoms with Crippen molar-refractivity contribution in [2.75, 3.05) is 24.7 Å². The molecule has 9 atom stereocenters. The molecular weight excluding hydrogens is 532 g/mol. The summed E-state index contributed by atoms with van der Waals surface area (Å²) in [5.41, 5.74) is 14.0. The smallest absolute Gasteiger partial charge is 0.338 e. The van der Waals surface area contributed by atoms with Crippen molar-refractivity contribution in [1.82, 2.24) is 0 Å². The molecule has 4 aliphatic rings. The van der Waals surface area contributed by atoms with Gasteiger partial charge in [0.15, 0.2) is 0 Å². The van der Waals surface area contributed by atoms with E-state index in [9.17, 15) is 4.79 Å². The molecule has 4 fully saturated rings. The Bertz CT molecular complexity index is 1070. The molecule has 1 aromatic carbocycles. The van der Waals surface area contributed by atoms with Crippen molar-refractivity contribution in [3.63, 3.8) is 0 Å². The van der Waals surface area contributed by atoms with Crippen LogP contribution in [0.3, 0.4) is 0 Å². The summed E-state index contributed by atoms with van der Waals surface area (Å²) < 4.78 is 11.9. The van der Waals surface area contributed by atoms with Crippen molar-refractivity contribution < 1.29 is 14.3 Å². The zero-order chi connectivity index (χ0) is 30.8. The first-order valence-corrected chi connectivity index (χ1v) is 18.0. The Kier molecular flexibility index (Phi) is 10.4. The summed E-state index contributed by atoms with van der Waals surface area (Å²) in [5.74, 6) is 5.96. The van der Waals surface area contributed by atoms with Crippen LogP contribution in [0.2, 0.25) is 0 Å². The van der Waals surface area contributed by atoms with Gasteiger partial charge in [0.2, 0.25) is 0 Å². The van der Waals surface area contributed by atoms with Crippen LogP contribution in [0.15, 0.2) is 18.2 Å². The van der Waals surface area contributed by atoms with Gasteiger partial charge in [0, 0.05) is 18.0 Å². The molecule has 5 nitrogen and oxygen atoms in total. The Labute approximate surface area is 262 Å². The van der Waals surface area contributed by atoms with E-state index in [4.69, 9.17) is 20.9 Å². The minimum Gasteiger partial charge on any atom is -0.462 e. The molecule has 5 heteroatoms. The van der Waals surface area contributed by atoms with Gasteiger partial charge in [-0.15, -0.1) is 0 Å². The van der Waals surface area contributed by atoms with E-state index in [0.29, 0.717) is 40.5 Å². The predicted octanol–water partition coefficient (Wildman–Crippen LogP) is 9.29. The van der Waals surface area contributed by atoms with Gasteiger partial charge in [0.25, 0.3) is 0 Å². The zero-order valence-electron chi connectivity index (χ0n) is 28.0. The van der Waals surface area contributed by atoms with Gasteiger partial charge in [0.05, 0.1) is 18.3 Å². The molecule has 9 unspecified atom stereocenters. The van der Waals surface area contributed by atoms with Crippen LogP contribution in [0, 0.1) is 52.3 Å². The summed E-state index contributed by atoms with van der Waals surface area (Å²) in [6.45, 7) is 13.9. The van der Waals surface area contributed by atoms with Crippen LogP contribution >= 0.6 is 0 Å². The Hall–Kier alpha value is -1.75. The summed E-state index contributed by atoms with van der Waals surface area (Å²) in [4.78, 5) is 12.3. The second-order valence-electron chi connectivity index (χ2n) is 16.2. The monoisotopic (exact) mass is 594 g/mol. The number of carbonyl (C=O) groups is 1. The highest BCUT2D eigenvalue weighted by Gasteiger charge is 2.60. The molecule has 43 heavy (non-hydrogen) atoms. The van der Waals surface area contributed by atoms with Crippen LogP contribution in [0.4, 0.5) is 11.4 Å². The molecule has 4 N–H and O–H groups in total. The van der Waals surface area contributed by atoms with Gasteiger partial charge < -0.3 is 20.9 Å². The Morgan fingerprint density at radius 1 is 0.837 bits per heavy atom. The van der Waals surface area contributed by atoms with Crippen LogP contribution in [0.1, 0.15) is 135 Å². The lowest BCUT2D eigenvalue weighted by molar-refractivity contribution is -0.137. The maximum Gasteiger partial charge on any atom is 0.338 e. The second kappa shape index (κ2) is 13.7. The number of benzene rings is 1. The van der Waals surface area contributed by atoms with Gasteiger partial charge in [-0.1, -0.05) is 53.9 Å². The van der Waals surface area contributed by atoms with E-state index in [1.165, 1.54) is 77.0 Å². The van der Waals surface area contributed by atoms with Crippen LogP contribution in [-0.4, -0.2) is 25.3 Å². The van der Waals surface area contributed by atoms with Crippen molar-refractivity contribution in [3.05, 3.63) is 23.8 Å². The molecule has 242 valence electrons. The van der Waals surface area contributed by atoms with Crippen molar-refractivity contribution in [2.24, 2.45) is 52.3 Å². The molecule has 4 saturated carbocycles. The number of carbonyl (C=O) groups excluding carboxylic acids is 1. The second-order valence-corrected chi connectivity index (χ2v) is 16.2. The number of hydrogen-bond acceptors (Lipinski definition) is 5. The molecule has 0 amide bonds. The Balaban J connectivity index is 1.06. The summed E-state index contributed by atoms with van der Waals surface area (Å²) in [5, 5.41) is 0. The lowest BCUT2D eigenvalue weighted by atomic mass is 9.44. The summed E-state index contributed by atoms with van der Waals surface area (Å²) >= 11 is 0. The van der Waals surface area contributed by atoms with E-state index in [-0.39, 0.29) is 5.97 Å². The third-order valence-electron chi connectivity index (χ3n) is 13.2. The minimum atomic E-state index is -0.366. The van der Waals surface area contributed by atoms with E-state index < -0.39 is 0 Å². The quantitative estimate of drug-likeness (QED) is 0.143. The largest absolute Gasteiger partial charge is 0.462 e. The number of nitrogen functional groups attached to an aromatic ring is 2. The first-order valence-electron chi connectivity index (χ1n) is 18.0. The molecule has 0 aromatic heterocycles. The highest BCUT2D eigenvalue weighted by molar-refractivity contribution is 5.91. The number of nitrogens with two attached hydrogens (primary N) is 2. The SMILES string of the molecule is CC(C)CCCC(C)C1CCC2C3CCC4CC(OCCCCOC(=O)c5cc(N)cc(N)c5)CCC4(C)C3CCC12C. The van der Waals surface area contributed by atoms with Crippen molar-refractivity contribution in [3.8, 4) is 0 Å². The van der Waals surface area contributed by atoms with Gasteiger partial charge in [-0.25, -0.2) is 4.79 Å². The average molecular weight is 595 g/mol. The Morgan fingerprint density at radius 2 is 1.53 bits per heavy atom. The van der Waals surface area contributed by atoms with Crippen molar-refractivity contribution >= 4 is 17.3 Å². The van der Waals surface area contributed by atoms with Gasteiger partial charge in [-0.2, -0.15) is 0 Å². The molecule has 0 heterocycles. The van der Waals surface area contributed by atoms with Crippen LogP contribution in [0.5, 0.6) is 0 Å². The first-order chi connectivity index (χ1) is 20.5. The zero-order valence-corrected chi connectivity index (χ0v) is 28.0. The maximum atomic E-state index is 12.3. The number of ether oxygens (including phenoxy) is 2. The fraction of sp³-hybridized carbons (Fsp3) is 0.816. The minimum absolute atomic E-state index is 0.366. The van der Waals surface area contributed by atoms with E-state index in [0.717, 1.165) is 60.9 Å². The predicted molar refractivity (Wildman–Crippen MR) is 178 cm³/mol. The highest BCUT2D eigenvalue weighted by atomic mass is 16.5. The van der Waals surface area contributed by atoms with Gasteiger partial charge in [-0.3, -0.25) is 0 Å². The molecular formula is C38H62N2O3. The Morgan fingerprint density at radius 3 is 2.28 bits per heavy atom. The molecule has 0 radical (unpaired) electrons. The van der Waals surface area contributed by atoms with Crippen LogP contribution in [0.25, 0.3) is 0 Å². The fourth-order valence-corrected chi connectivity index (χ4v) is 10.9. The van der Waals surface area contributed by atoms with Crippen molar-refractivity contribution in [1.29, 1.82) is 0 Å². The number of unbranched alkanes of at least 4 members (excludes halogenated alkanes) is 1. The van der Waals surface area contributed by atoms with E-state index in [1.54, 1.807) is 18.2 Å². The lowest BCUT2D eigenvalue weighted by Crippen LogP contribution is -2.54. The standard InChI is InChI=1S/C38H62N2O3/c1-25(2)9-8-10-26(3)33-13-14-34-32-12-11-28-23-31(15-17-37(28,4)35(32)16-18-38(33,34)5)42-19-6-7-20-43-36(41)27-21-29(39)24-30(40)22-27/h21-22,24-26,28,31-35H,6-20,23,39-40H2,1-5H3. The number of rotatable bonds is 12. The number of esters is 1. The van der Waals surface area contributed by atoms with E-state index in [2.05, 4.69) is 34.6 Å². The normalized spacial score (nSPS) is 36.0. The lowest BCUT2D eigenvalue weighted by Gasteiger charge is -2.61. The number of fused-ring (bicyclic) bond motifs is 5. The number of hydrogen-bond donors (Lipinski definition) is 2. The highest BCUT2D eigenvalue weighted by Crippen LogP contribution is 2.68. The topological polar surface area (TPSA) is 87.6 Å². The first kappa shape index (κ1) is 32.6. The molecule has 0 spiro atoms. The average Bonchev–Trinajstić information content (AvgIpc) is 3.31. The molecule has 1 aromatic rings. The maximum absolute atomic E-state index is 12.3. The third kappa shape index (κ3) is 7.07. The summed E-state index contributed by atoms with van der Waals surface area (Å²) in [6, 6.07) is 4.86. The molecule has 4 aliphatic carbocycles. The molecule has 0 bridgehead atoms. The molecule has 5 rings (SSSR count). The van der Waals surface area contributed by atoms with Gasteiger partial charge in [-0.05, 0) is 141 Å². The van der Waals surface area contributed by atoms with Crippen LogP contribution < -0.4 is 11.5 Å². The number of anilines is 2. The van der Waals surface area contributed by atoms with Gasteiger partial charge >= 0.3 is 5.97 Å². The van der Waals surface area contributed by atoms with E-state index in [1.807, 2.05) is 0 Å². The van der Waals surface area contributed by atoms with Gasteiger partial charge in [0.1, 0.15) is 0 Å². The molecule has 0 aliphatic heterocycles. The third-order valence-corrected chi connectivity index (χ3v) is 13.2. The van der Waals surface area contributed by atoms with Crippen LogP contribution in [-0.2, 0) is 9.47 Å². The summed E-state index contributed by atoms with van der Waals surface area (Å²) in [7, 11) is 0. The fourth-order valence-electron chi connectivity index (χ4n) is 10.9.